The van der Waals surface area contributed by atoms with Crippen molar-refractivity contribution in [3.8, 4) is 11.3 Å². The van der Waals surface area contributed by atoms with Gasteiger partial charge in [-0.15, -0.1) is 0 Å². The molecule has 0 radical (unpaired) electrons. The van der Waals surface area contributed by atoms with Crippen LogP contribution >= 0.6 is 0 Å². The smallest absolute Gasteiger partial charge is 0.312 e. The summed E-state index contributed by atoms with van der Waals surface area (Å²) >= 11 is 0. The molecule has 0 bridgehead atoms. The number of nitrogens with zero attached hydrogens (tertiary/aromatic N) is 2. The normalized spacial score (nSPS) is 13.7. The molecule has 0 atom stereocenters. The lowest BCUT2D eigenvalue weighted by Crippen LogP contribution is -2.46. The molecule has 1 aromatic heterocycles. The predicted octanol–water partition coefficient (Wildman–Crippen LogP) is 2.64. The standard InChI is InChI=1S/C21H22N4O2/c1-13(2)22-20(26)21(27)25-11-10-18-17(12-25)19(24-23-18)16-9-5-7-14-6-3-4-8-15(14)16/h3-9,13H,10-12H2,1-2H3,(H,22,26)(H,23,24). The van der Waals surface area contributed by atoms with Gasteiger partial charge in [0.1, 0.15) is 0 Å². The maximum absolute atomic E-state index is 12.5. The number of aromatic amines is 1. The second kappa shape index (κ2) is 6.87. The highest BCUT2D eigenvalue weighted by molar-refractivity contribution is 6.35. The average Bonchev–Trinajstić information content (AvgIpc) is 3.09. The Balaban J connectivity index is 1.68. The quantitative estimate of drug-likeness (QED) is 0.688. The monoisotopic (exact) mass is 362 g/mol. The van der Waals surface area contributed by atoms with Crippen molar-refractivity contribution in [1.29, 1.82) is 0 Å². The zero-order chi connectivity index (χ0) is 19.0. The summed E-state index contributed by atoms with van der Waals surface area (Å²) in [5.74, 6) is -1.04. The molecular weight excluding hydrogens is 340 g/mol. The van der Waals surface area contributed by atoms with Crippen molar-refractivity contribution < 1.29 is 9.59 Å². The third-order valence-corrected chi connectivity index (χ3v) is 4.88. The summed E-state index contributed by atoms with van der Waals surface area (Å²) in [5.41, 5.74) is 3.91. The van der Waals surface area contributed by atoms with Gasteiger partial charge in [0.05, 0.1) is 12.2 Å². The zero-order valence-corrected chi connectivity index (χ0v) is 15.5. The van der Waals surface area contributed by atoms with Crippen molar-refractivity contribution in [1.82, 2.24) is 20.4 Å². The zero-order valence-electron chi connectivity index (χ0n) is 15.5. The Kier molecular flexibility index (Phi) is 4.39. The second-order valence-electron chi connectivity index (χ2n) is 7.16. The molecule has 2 amide bonds. The van der Waals surface area contributed by atoms with Gasteiger partial charge in [-0.3, -0.25) is 14.7 Å². The van der Waals surface area contributed by atoms with Gasteiger partial charge in [0, 0.05) is 35.8 Å². The molecule has 6 nitrogen and oxygen atoms in total. The summed E-state index contributed by atoms with van der Waals surface area (Å²) in [7, 11) is 0. The molecule has 27 heavy (non-hydrogen) atoms. The molecular formula is C21H22N4O2. The first-order valence-electron chi connectivity index (χ1n) is 9.18. The third kappa shape index (κ3) is 3.18. The minimum atomic E-state index is -0.552. The lowest BCUT2D eigenvalue weighted by molar-refractivity contribution is -0.146. The molecule has 6 heteroatoms. The Bertz CT molecular complexity index is 1020. The van der Waals surface area contributed by atoms with Crippen LogP contribution in [0.5, 0.6) is 0 Å². The lowest BCUT2D eigenvalue weighted by Gasteiger charge is -2.27. The van der Waals surface area contributed by atoms with E-state index in [-0.39, 0.29) is 6.04 Å². The molecule has 4 rings (SSSR count). The van der Waals surface area contributed by atoms with Crippen LogP contribution in [0.2, 0.25) is 0 Å². The van der Waals surface area contributed by atoms with E-state index in [0.717, 1.165) is 33.3 Å². The molecule has 0 aliphatic carbocycles. The number of carbonyl (C=O) groups excluding carboxylic acids is 2. The molecule has 1 aliphatic heterocycles. The molecule has 2 aromatic carbocycles. The number of hydrogen-bond acceptors (Lipinski definition) is 3. The van der Waals surface area contributed by atoms with E-state index >= 15 is 0 Å². The molecule has 0 fully saturated rings. The molecule has 0 unspecified atom stereocenters. The first-order valence-corrected chi connectivity index (χ1v) is 9.18. The molecule has 2 heterocycles. The van der Waals surface area contributed by atoms with E-state index in [0.29, 0.717) is 19.5 Å². The van der Waals surface area contributed by atoms with Gasteiger partial charge in [0.2, 0.25) is 0 Å². The van der Waals surface area contributed by atoms with Gasteiger partial charge in [-0.05, 0) is 24.6 Å². The third-order valence-electron chi connectivity index (χ3n) is 4.88. The van der Waals surface area contributed by atoms with Crippen LogP contribution in [0, 0.1) is 0 Å². The Morgan fingerprint density at radius 3 is 2.74 bits per heavy atom. The van der Waals surface area contributed by atoms with Crippen LogP contribution in [0.4, 0.5) is 0 Å². The van der Waals surface area contributed by atoms with Gasteiger partial charge < -0.3 is 10.2 Å². The number of nitrogens with one attached hydrogen (secondary N) is 2. The average molecular weight is 362 g/mol. The topological polar surface area (TPSA) is 78.1 Å². The maximum atomic E-state index is 12.5. The maximum Gasteiger partial charge on any atom is 0.312 e. The van der Waals surface area contributed by atoms with Crippen LogP contribution in [0.1, 0.15) is 25.1 Å². The van der Waals surface area contributed by atoms with E-state index in [1.807, 2.05) is 38.1 Å². The SMILES string of the molecule is CC(C)NC(=O)C(=O)N1CCc2[nH]nc(-c3cccc4ccccc34)c2C1. The first-order chi connectivity index (χ1) is 13.0. The fourth-order valence-corrected chi connectivity index (χ4v) is 3.59. The minimum Gasteiger partial charge on any atom is -0.346 e. The Morgan fingerprint density at radius 2 is 1.93 bits per heavy atom. The van der Waals surface area contributed by atoms with Crippen LogP contribution in [-0.2, 0) is 22.6 Å². The molecule has 0 saturated heterocycles. The summed E-state index contributed by atoms with van der Waals surface area (Å²) in [6.07, 6.45) is 0.661. The molecule has 0 saturated carbocycles. The summed E-state index contributed by atoms with van der Waals surface area (Å²) in [5, 5.41) is 12.6. The lowest BCUT2D eigenvalue weighted by atomic mass is 9.97. The van der Waals surface area contributed by atoms with Crippen molar-refractivity contribution in [2.45, 2.75) is 32.9 Å². The highest BCUT2D eigenvalue weighted by atomic mass is 16.2. The van der Waals surface area contributed by atoms with Gasteiger partial charge in [0.25, 0.3) is 0 Å². The molecule has 2 N–H and O–H groups in total. The predicted molar refractivity (Wildman–Crippen MR) is 104 cm³/mol. The molecule has 1 aliphatic rings. The molecule has 138 valence electrons. The van der Waals surface area contributed by atoms with Crippen molar-refractivity contribution in [3.63, 3.8) is 0 Å². The molecule has 3 aromatic rings. The number of benzene rings is 2. The minimum absolute atomic E-state index is 0.0676. The molecule has 0 spiro atoms. The highest BCUT2D eigenvalue weighted by Gasteiger charge is 2.29. The Hall–Kier alpha value is -3.15. The second-order valence-corrected chi connectivity index (χ2v) is 7.16. The van der Waals surface area contributed by atoms with Crippen LogP contribution in [0.3, 0.4) is 0 Å². The number of H-pyrrole nitrogens is 1. The summed E-state index contributed by atoms with van der Waals surface area (Å²) in [6, 6.07) is 14.2. The van der Waals surface area contributed by atoms with E-state index in [1.165, 1.54) is 0 Å². The van der Waals surface area contributed by atoms with Gasteiger partial charge in [-0.2, -0.15) is 5.10 Å². The van der Waals surface area contributed by atoms with Crippen LogP contribution in [0.15, 0.2) is 42.5 Å². The number of amides is 2. The Labute approximate surface area is 157 Å². The van der Waals surface area contributed by atoms with Crippen molar-refractivity contribution in [2.75, 3.05) is 6.54 Å². The first kappa shape index (κ1) is 17.3. The summed E-state index contributed by atoms with van der Waals surface area (Å²) in [6.45, 7) is 4.58. The van der Waals surface area contributed by atoms with Crippen LogP contribution in [0.25, 0.3) is 22.0 Å². The number of aromatic nitrogens is 2. The van der Waals surface area contributed by atoms with E-state index in [9.17, 15) is 9.59 Å². The van der Waals surface area contributed by atoms with E-state index in [2.05, 4.69) is 33.7 Å². The van der Waals surface area contributed by atoms with Crippen molar-refractivity contribution >= 4 is 22.6 Å². The van der Waals surface area contributed by atoms with Crippen LogP contribution < -0.4 is 5.32 Å². The summed E-state index contributed by atoms with van der Waals surface area (Å²) in [4.78, 5) is 26.2. The van der Waals surface area contributed by atoms with E-state index < -0.39 is 11.8 Å². The summed E-state index contributed by atoms with van der Waals surface area (Å²) < 4.78 is 0. The highest BCUT2D eigenvalue weighted by Crippen LogP contribution is 2.33. The number of rotatable bonds is 2. The fraction of sp³-hybridized carbons (Fsp3) is 0.286. The van der Waals surface area contributed by atoms with E-state index in [4.69, 9.17) is 0 Å². The van der Waals surface area contributed by atoms with Gasteiger partial charge in [0.15, 0.2) is 0 Å². The fourth-order valence-electron chi connectivity index (χ4n) is 3.59. The number of hydrogen-bond donors (Lipinski definition) is 2. The largest absolute Gasteiger partial charge is 0.346 e. The number of fused-ring (bicyclic) bond motifs is 2. The van der Waals surface area contributed by atoms with Crippen LogP contribution in [-0.4, -0.2) is 39.5 Å². The van der Waals surface area contributed by atoms with Gasteiger partial charge in [-0.25, -0.2) is 0 Å². The van der Waals surface area contributed by atoms with Gasteiger partial charge in [-0.1, -0.05) is 42.5 Å². The van der Waals surface area contributed by atoms with E-state index in [1.54, 1.807) is 4.90 Å². The number of carbonyl (C=O) groups is 2. The Morgan fingerprint density at radius 1 is 1.15 bits per heavy atom. The van der Waals surface area contributed by atoms with Crippen molar-refractivity contribution in [3.05, 3.63) is 53.7 Å². The van der Waals surface area contributed by atoms with Crippen molar-refractivity contribution in [2.24, 2.45) is 0 Å². The van der Waals surface area contributed by atoms with Gasteiger partial charge >= 0.3 is 11.8 Å².